The highest BCUT2D eigenvalue weighted by atomic mass is 32.2. The molecule has 4 rings (SSSR count). The summed E-state index contributed by atoms with van der Waals surface area (Å²) < 4.78 is 13.3. The smallest absolute Gasteiger partial charge is 0.230 e. The van der Waals surface area contributed by atoms with Crippen molar-refractivity contribution in [1.29, 1.82) is 0 Å². The van der Waals surface area contributed by atoms with Crippen molar-refractivity contribution in [2.24, 2.45) is 0 Å². The number of aryl methyl sites for hydroxylation is 1. The van der Waals surface area contributed by atoms with Crippen molar-refractivity contribution in [3.05, 3.63) is 53.8 Å². The van der Waals surface area contributed by atoms with Gasteiger partial charge in [-0.2, -0.15) is 0 Å². The summed E-state index contributed by atoms with van der Waals surface area (Å²) in [4.78, 5) is 21.9. The molecule has 0 unspecified atom stereocenters. The molecule has 1 aliphatic rings. The highest BCUT2D eigenvalue weighted by Crippen LogP contribution is 2.29. The number of nitrogens with zero attached hydrogens (tertiary/aromatic N) is 2. The molecule has 1 aromatic heterocycles. The van der Waals surface area contributed by atoms with E-state index in [9.17, 15) is 9.18 Å². The van der Waals surface area contributed by atoms with Gasteiger partial charge in [-0.3, -0.25) is 4.79 Å². The quantitative estimate of drug-likeness (QED) is 0.418. The minimum atomic E-state index is -0.291. The second kappa shape index (κ2) is 9.56. The van der Waals surface area contributed by atoms with Gasteiger partial charge in [-0.05, 0) is 61.2 Å². The fraction of sp³-hybridized carbons (Fsp3) is 0.375. The molecule has 1 amide bonds. The van der Waals surface area contributed by atoms with Crippen LogP contribution in [0.1, 0.15) is 44.6 Å². The van der Waals surface area contributed by atoms with Crippen molar-refractivity contribution in [2.45, 2.75) is 56.5 Å². The molecular formula is C24H26FN3OS. The standard InChI is InChI=1S/C24H26FN3OS/c1-2-16-8-13-21-20(14-16)24(28-23(27-21)17-9-11-18(25)12-10-17)30-15-22(29)26-19-6-4-3-5-7-19/h8-14,19H,2-7,15H2,1H3,(H,26,29). The van der Waals surface area contributed by atoms with Crippen molar-refractivity contribution in [3.63, 3.8) is 0 Å². The maximum absolute atomic E-state index is 13.3. The number of carbonyl (C=O) groups excluding carboxylic acids is 1. The second-order valence-corrected chi connectivity index (χ2v) is 8.72. The van der Waals surface area contributed by atoms with Gasteiger partial charge in [0.05, 0.1) is 11.3 Å². The molecule has 1 heterocycles. The number of benzene rings is 2. The molecule has 156 valence electrons. The Balaban J connectivity index is 1.60. The number of fused-ring (bicyclic) bond motifs is 1. The molecule has 0 aliphatic heterocycles. The molecule has 6 heteroatoms. The van der Waals surface area contributed by atoms with Gasteiger partial charge in [0.2, 0.25) is 5.91 Å². The predicted octanol–water partition coefficient (Wildman–Crippen LogP) is 5.54. The number of rotatable bonds is 6. The van der Waals surface area contributed by atoms with Gasteiger partial charge in [0, 0.05) is 17.0 Å². The van der Waals surface area contributed by atoms with E-state index in [1.54, 1.807) is 12.1 Å². The number of hydrogen-bond donors (Lipinski definition) is 1. The fourth-order valence-electron chi connectivity index (χ4n) is 3.86. The van der Waals surface area contributed by atoms with Crippen molar-refractivity contribution < 1.29 is 9.18 Å². The Hall–Kier alpha value is -2.47. The van der Waals surface area contributed by atoms with Crippen molar-refractivity contribution >= 4 is 28.6 Å². The first kappa shape index (κ1) is 20.8. The summed E-state index contributed by atoms with van der Waals surface area (Å²) in [6, 6.07) is 12.6. The van der Waals surface area contributed by atoms with Crippen LogP contribution in [0.3, 0.4) is 0 Å². The SMILES string of the molecule is CCc1ccc2nc(-c3ccc(F)cc3)nc(SCC(=O)NC3CCCCC3)c2c1. The van der Waals surface area contributed by atoms with Crippen LogP contribution in [0.2, 0.25) is 0 Å². The van der Waals surface area contributed by atoms with Gasteiger partial charge in [0.1, 0.15) is 10.8 Å². The summed E-state index contributed by atoms with van der Waals surface area (Å²) in [5.41, 5.74) is 2.79. The van der Waals surface area contributed by atoms with Crippen LogP contribution in [0.15, 0.2) is 47.5 Å². The molecule has 0 radical (unpaired) electrons. The molecule has 2 aromatic carbocycles. The Bertz CT molecular complexity index is 1030. The van der Waals surface area contributed by atoms with Gasteiger partial charge in [-0.1, -0.05) is 44.0 Å². The number of hydrogen-bond acceptors (Lipinski definition) is 4. The molecule has 0 atom stereocenters. The van der Waals surface area contributed by atoms with E-state index >= 15 is 0 Å². The number of aromatic nitrogens is 2. The summed E-state index contributed by atoms with van der Waals surface area (Å²) in [5, 5.41) is 4.91. The summed E-state index contributed by atoms with van der Waals surface area (Å²) in [7, 11) is 0. The first-order chi connectivity index (χ1) is 14.6. The van der Waals surface area contributed by atoms with Crippen LogP contribution in [0.25, 0.3) is 22.3 Å². The van der Waals surface area contributed by atoms with Gasteiger partial charge in [-0.25, -0.2) is 14.4 Å². The Morgan fingerprint density at radius 1 is 1.10 bits per heavy atom. The summed E-state index contributed by atoms with van der Waals surface area (Å²) in [6.07, 6.45) is 6.70. The van der Waals surface area contributed by atoms with Crippen LogP contribution in [-0.4, -0.2) is 27.7 Å². The van der Waals surface area contributed by atoms with Gasteiger partial charge in [0.15, 0.2) is 5.82 Å². The maximum atomic E-state index is 13.3. The van der Waals surface area contributed by atoms with Gasteiger partial charge >= 0.3 is 0 Å². The number of nitrogens with one attached hydrogen (secondary N) is 1. The highest BCUT2D eigenvalue weighted by molar-refractivity contribution is 8.00. The summed E-state index contributed by atoms with van der Waals surface area (Å²) >= 11 is 1.44. The minimum absolute atomic E-state index is 0.0497. The first-order valence-corrected chi connectivity index (χ1v) is 11.6. The van der Waals surface area contributed by atoms with Crippen LogP contribution in [0, 0.1) is 5.82 Å². The fourth-order valence-corrected chi connectivity index (χ4v) is 4.68. The molecule has 1 fully saturated rings. The van der Waals surface area contributed by atoms with Gasteiger partial charge in [-0.15, -0.1) is 0 Å². The molecule has 0 bridgehead atoms. The lowest BCUT2D eigenvalue weighted by Crippen LogP contribution is -2.37. The Labute approximate surface area is 180 Å². The van der Waals surface area contributed by atoms with Crippen LogP contribution in [0.4, 0.5) is 4.39 Å². The number of thioether (sulfide) groups is 1. The Kier molecular flexibility index (Phi) is 6.62. The molecule has 1 N–H and O–H groups in total. The number of carbonyl (C=O) groups is 1. The zero-order valence-electron chi connectivity index (χ0n) is 17.2. The molecule has 1 saturated carbocycles. The number of halogens is 1. The van der Waals surface area contributed by atoms with Crippen molar-refractivity contribution in [2.75, 3.05) is 5.75 Å². The zero-order valence-corrected chi connectivity index (χ0v) is 18.0. The largest absolute Gasteiger partial charge is 0.353 e. The van der Waals surface area contributed by atoms with Crippen molar-refractivity contribution in [3.8, 4) is 11.4 Å². The molecule has 1 aliphatic carbocycles. The van der Waals surface area contributed by atoms with Crippen LogP contribution in [-0.2, 0) is 11.2 Å². The van der Waals surface area contributed by atoms with E-state index in [4.69, 9.17) is 4.98 Å². The topological polar surface area (TPSA) is 54.9 Å². The monoisotopic (exact) mass is 423 g/mol. The lowest BCUT2D eigenvalue weighted by Gasteiger charge is -2.22. The third kappa shape index (κ3) is 4.98. The van der Waals surface area contributed by atoms with Crippen molar-refractivity contribution in [1.82, 2.24) is 15.3 Å². The zero-order chi connectivity index (χ0) is 20.9. The van der Waals surface area contributed by atoms with E-state index in [1.165, 1.54) is 48.7 Å². The lowest BCUT2D eigenvalue weighted by atomic mass is 9.95. The van der Waals surface area contributed by atoms with E-state index in [2.05, 4.69) is 29.4 Å². The molecular weight excluding hydrogens is 397 g/mol. The minimum Gasteiger partial charge on any atom is -0.353 e. The molecule has 30 heavy (non-hydrogen) atoms. The lowest BCUT2D eigenvalue weighted by molar-refractivity contribution is -0.119. The van der Waals surface area contributed by atoms with E-state index in [0.717, 1.165) is 40.8 Å². The third-order valence-corrected chi connectivity index (χ3v) is 6.54. The third-order valence-electron chi connectivity index (χ3n) is 5.55. The van der Waals surface area contributed by atoms with Gasteiger partial charge < -0.3 is 5.32 Å². The predicted molar refractivity (Wildman–Crippen MR) is 120 cm³/mol. The van der Waals surface area contributed by atoms with Gasteiger partial charge in [0.25, 0.3) is 0 Å². The molecule has 4 nitrogen and oxygen atoms in total. The summed E-state index contributed by atoms with van der Waals surface area (Å²) in [6.45, 7) is 2.11. The molecule has 0 spiro atoms. The maximum Gasteiger partial charge on any atom is 0.230 e. The van der Waals surface area contributed by atoms with E-state index in [0.29, 0.717) is 17.6 Å². The highest BCUT2D eigenvalue weighted by Gasteiger charge is 2.17. The second-order valence-electron chi connectivity index (χ2n) is 7.76. The van der Waals surface area contributed by atoms with E-state index in [1.807, 2.05) is 6.07 Å². The number of amides is 1. The van der Waals surface area contributed by atoms with Crippen LogP contribution >= 0.6 is 11.8 Å². The Morgan fingerprint density at radius 2 is 1.87 bits per heavy atom. The van der Waals surface area contributed by atoms with Crippen LogP contribution in [0.5, 0.6) is 0 Å². The molecule has 0 saturated heterocycles. The average Bonchev–Trinajstić information content (AvgIpc) is 2.78. The average molecular weight is 424 g/mol. The van der Waals surface area contributed by atoms with Crippen LogP contribution < -0.4 is 5.32 Å². The Morgan fingerprint density at radius 3 is 2.60 bits per heavy atom. The van der Waals surface area contributed by atoms with E-state index < -0.39 is 0 Å². The summed E-state index contributed by atoms with van der Waals surface area (Å²) in [5.74, 6) is 0.624. The normalized spacial score (nSPS) is 14.7. The first-order valence-electron chi connectivity index (χ1n) is 10.6. The van der Waals surface area contributed by atoms with E-state index in [-0.39, 0.29) is 11.7 Å². The molecule has 3 aromatic rings.